The molecule has 1 heterocycles. The van der Waals surface area contributed by atoms with Crippen molar-refractivity contribution in [3.8, 4) is 0 Å². The largest absolute Gasteiger partial charge is 0.383 e. The Morgan fingerprint density at radius 2 is 2.12 bits per heavy atom. The monoisotopic (exact) mass is 223 g/mol. The number of hydrogen-bond donors (Lipinski definition) is 1. The molecule has 0 radical (unpaired) electrons. The summed E-state index contributed by atoms with van der Waals surface area (Å²) >= 11 is 0. The predicted molar refractivity (Wildman–Crippen MR) is 65.2 cm³/mol. The third-order valence-electron chi connectivity index (χ3n) is 2.74. The van der Waals surface area contributed by atoms with Gasteiger partial charge in [0.15, 0.2) is 0 Å². The first kappa shape index (κ1) is 13.1. The Hall–Kier alpha value is -0.970. The molecule has 0 aliphatic carbocycles. The lowest BCUT2D eigenvalue weighted by Crippen LogP contribution is -2.35. The Labute approximate surface area is 97.4 Å². The summed E-state index contributed by atoms with van der Waals surface area (Å²) in [6.45, 7) is 5.35. The van der Waals surface area contributed by atoms with E-state index in [2.05, 4.69) is 16.8 Å². The van der Waals surface area contributed by atoms with Gasteiger partial charge in [0, 0.05) is 38.6 Å². The van der Waals surface area contributed by atoms with Gasteiger partial charge in [-0.2, -0.15) is 0 Å². The van der Waals surface area contributed by atoms with Crippen LogP contribution in [-0.2, 0) is 4.74 Å². The van der Waals surface area contributed by atoms with Crippen molar-refractivity contribution in [2.45, 2.75) is 13.0 Å². The van der Waals surface area contributed by atoms with Crippen LogP contribution in [0, 0.1) is 0 Å². The van der Waals surface area contributed by atoms with Crippen molar-refractivity contribution >= 4 is 0 Å². The molecule has 0 amide bonds. The zero-order valence-electron chi connectivity index (χ0n) is 10.1. The van der Waals surface area contributed by atoms with E-state index >= 15 is 0 Å². The van der Waals surface area contributed by atoms with Gasteiger partial charge in [-0.15, -0.1) is 0 Å². The van der Waals surface area contributed by atoms with Crippen molar-refractivity contribution in [3.05, 3.63) is 30.1 Å². The normalized spacial score (nSPS) is 13.0. The first-order valence-corrected chi connectivity index (χ1v) is 5.66. The second-order valence-corrected chi connectivity index (χ2v) is 3.65. The van der Waals surface area contributed by atoms with Crippen LogP contribution in [-0.4, -0.2) is 43.2 Å². The summed E-state index contributed by atoms with van der Waals surface area (Å²) in [7, 11) is 1.72. The van der Waals surface area contributed by atoms with Crippen molar-refractivity contribution in [1.82, 2.24) is 9.88 Å². The van der Waals surface area contributed by atoms with E-state index in [4.69, 9.17) is 10.5 Å². The molecule has 4 nitrogen and oxygen atoms in total. The maximum atomic E-state index is 5.85. The van der Waals surface area contributed by atoms with Crippen molar-refractivity contribution in [2.24, 2.45) is 5.73 Å². The number of methoxy groups -OCH3 is 1. The second kappa shape index (κ2) is 7.33. The molecule has 0 fully saturated rings. The van der Waals surface area contributed by atoms with Gasteiger partial charge in [-0.1, -0.05) is 6.92 Å². The highest BCUT2D eigenvalue weighted by Gasteiger charge is 2.16. The maximum absolute atomic E-state index is 5.85. The molecule has 4 heteroatoms. The predicted octanol–water partition coefficient (Wildman–Crippen LogP) is 1.05. The SMILES string of the molecule is CCN(CCOC)C(CN)c1ccncc1. The Kier molecular flexibility index (Phi) is 6.00. The topological polar surface area (TPSA) is 51.4 Å². The molecule has 0 saturated heterocycles. The fourth-order valence-electron chi connectivity index (χ4n) is 1.82. The fraction of sp³-hybridized carbons (Fsp3) is 0.583. The van der Waals surface area contributed by atoms with Gasteiger partial charge in [-0.05, 0) is 24.2 Å². The summed E-state index contributed by atoms with van der Waals surface area (Å²) in [5, 5.41) is 0. The molecule has 1 unspecified atom stereocenters. The van der Waals surface area contributed by atoms with Gasteiger partial charge in [0.2, 0.25) is 0 Å². The van der Waals surface area contributed by atoms with Crippen LogP contribution in [0.5, 0.6) is 0 Å². The van der Waals surface area contributed by atoms with Crippen LogP contribution in [0.2, 0.25) is 0 Å². The minimum atomic E-state index is 0.253. The summed E-state index contributed by atoms with van der Waals surface area (Å²) in [6.07, 6.45) is 3.62. The molecule has 1 aromatic rings. The average Bonchev–Trinajstić information content (AvgIpc) is 2.35. The van der Waals surface area contributed by atoms with E-state index in [1.807, 2.05) is 24.5 Å². The summed E-state index contributed by atoms with van der Waals surface area (Å²) < 4.78 is 5.11. The maximum Gasteiger partial charge on any atom is 0.0589 e. The molecule has 2 N–H and O–H groups in total. The number of aromatic nitrogens is 1. The standard InChI is InChI=1S/C12H21N3O/c1-3-15(8-9-16-2)12(10-13)11-4-6-14-7-5-11/h4-7,12H,3,8-10,13H2,1-2H3. The van der Waals surface area contributed by atoms with Crippen LogP contribution in [0.25, 0.3) is 0 Å². The summed E-state index contributed by atoms with van der Waals surface area (Å²) in [6, 6.07) is 4.29. The number of ether oxygens (including phenoxy) is 1. The van der Waals surface area contributed by atoms with Gasteiger partial charge in [0.1, 0.15) is 0 Å². The van der Waals surface area contributed by atoms with Crippen molar-refractivity contribution in [2.75, 3.05) is 33.4 Å². The highest BCUT2D eigenvalue weighted by atomic mass is 16.5. The molecule has 0 aliphatic heterocycles. The van der Waals surface area contributed by atoms with Crippen molar-refractivity contribution in [3.63, 3.8) is 0 Å². The molecule has 0 bridgehead atoms. The molecular weight excluding hydrogens is 202 g/mol. The fourth-order valence-corrected chi connectivity index (χ4v) is 1.82. The first-order chi connectivity index (χ1) is 7.83. The van der Waals surface area contributed by atoms with Gasteiger partial charge in [0.25, 0.3) is 0 Å². The number of rotatable bonds is 7. The Morgan fingerprint density at radius 3 is 2.62 bits per heavy atom. The van der Waals surface area contributed by atoms with Gasteiger partial charge < -0.3 is 10.5 Å². The average molecular weight is 223 g/mol. The van der Waals surface area contributed by atoms with Gasteiger partial charge >= 0.3 is 0 Å². The lowest BCUT2D eigenvalue weighted by molar-refractivity contribution is 0.125. The zero-order valence-corrected chi connectivity index (χ0v) is 10.1. The van der Waals surface area contributed by atoms with Crippen molar-refractivity contribution in [1.29, 1.82) is 0 Å². The molecule has 1 rings (SSSR count). The van der Waals surface area contributed by atoms with Crippen LogP contribution < -0.4 is 5.73 Å². The third kappa shape index (κ3) is 3.56. The van der Waals surface area contributed by atoms with Crippen molar-refractivity contribution < 1.29 is 4.74 Å². The number of nitrogens with zero attached hydrogens (tertiary/aromatic N) is 2. The van der Waals surface area contributed by atoms with Gasteiger partial charge in [0.05, 0.1) is 6.61 Å². The Balaban J connectivity index is 2.71. The smallest absolute Gasteiger partial charge is 0.0589 e. The van der Waals surface area contributed by atoms with E-state index in [0.717, 1.165) is 19.7 Å². The van der Waals surface area contributed by atoms with E-state index in [1.54, 1.807) is 7.11 Å². The van der Waals surface area contributed by atoms with E-state index in [-0.39, 0.29) is 6.04 Å². The number of pyridine rings is 1. The number of hydrogen-bond acceptors (Lipinski definition) is 4. The summed E-state index contributed by atoms with van der Waals surface area (Å²) in [4.78, 5) is 6.34. The van der Waals surface area contributed by atoms with E-state index < -0.39 is 0 Å². The van der Waals surface area contributed by atoms with E-state index in [9.17, 15) is 0 Å². The minimum Gasteiger partial charge on any atom is -0.383 e. The van der Waals surface area contributed by atoms with E-state index in [0.29, 0.717) is 6.54 Å². The number of likely N-dealkylation sites (N-methyl/N-ethyl adjacent to an activating group) is 1. The van der Waals surface area contributed by atoms with Crippen LogP contribution in [0.15, 0.2) is 24.5 Å². The highest BCUT2D eigenvalue weighted by Crippen LogP contribution is 2.18. The van der Waals surface area contributed by atoms with Crippen LogP contribution >= 0.6 is 0 Å². The molecular formula is C12H21N3O. The summed E-state index contributed by atoms with van der Waals surface area (Å²) in [5.41, 5.74) is 7.07. The first-order valence-electron chi connectivity index (χ1n) is 5.66. The zero-order chi connectivity index (χ0) is 11.8. The molecule has 1 atom stereocenters. The Bertz CT molecular complexity index is 279. The lowest BCUT2D eigenvalue weighted by atomic mass is 10.1. The molecule has 0 aromatic carbocycles. The lowest BCUT2D eigenvalue weighted by Gasteiger charge is -2.29. The van der Waals surface area contributed by atoms with Crippen LogP contribution in [0.1, 0.15) is 18.5 Å². The minimum absolute atomic E-state index is 0.253. The quantitative estimate of drug-likeness (QED) is 0.750. The molecule has 1 aromatic heterocycles. The summed E-state index contributed by atoms with van der Waals surface area (Å²) in [5.74, 6) is 0. The third-order valence-corrected chi connectivity index (χ3v) is 2.74. The van der Waals surface area contributed by atoms with Crippen LogP contribution in [0.3, 0.4) is 0 Å². The second-order valence-electron chi connectivity index (χ2n) is 3.65. The van der Waals surface area contributed by atoms with Crippen LogP contribution in [0.4, 0.5) is 0 Å². The molecule has 16 heavy (non-hydrogen) atoms. The molecule has 0 aliphatic rings. The molecule has 90 valence electrons. The van der Waals surface area contributed by atoms with E-state index in [1.165, 1.54) is 5.56 Å². The van der Waals surface area contributed by atoms with Gasteiger partial charge in [-0.3, -0.25) is 9.88 Å². The molecule has 0 saturated carbocycles. The molecule has 0 spiro atoms. The van der Waals surface area contributed by atoms with Gasteiger partial charge in [-0.25, -0.2) is 0 Å². The highest BCUT2D eigenvalue weighted by molar-refractivity contribution is 5.15. The number of nitrogens with two attached hydrogens (primary N) is 1. The Morgan fingerprint density at radius 1 is 1.44 bits per heavy atom.